The Morgan fingerprint density at radius 1 is 1.10 bits per heavy atom. The first kappa shape index (κ1) is 29.2. The van der Waals surface area contributed by atoms with Crippen LogP contribution >= 0.6 is 11.6 Å². The fourth-order valence-corrected chi connectivity index (χ4v) is 5.84. The van der Waals surface area contributed by atoms with E-state index in [0.717, 1.165) is 34.9 Å². The lowest BCUT2D eigenvalue weighted by molar-refractivity contribution is -0.137. The topological polar surface area (TPSA) is 79.3 Å². The number of anilines is 1. The first-order valence-electron chi connectivity index (χ1n) is 13.2. The Balaban J connectivity index is 1.66. The number of hydrogen-bond donors (Lipinski definition) is 1. The van der Waals surface area contributed by atoms with Crippen molar-refractivity contribution in [3.63, 3.8) is 0 Å². The Kier molecular flexibility index (Phi) is 7.78. The van der Waals surface area contributed by atoms with Gasteiger partial charge in [-0.1, -0.05) is 29.3 Å². The van der Waals surface area contributed by atoms with E-state index in [1.54, 1.807) is 0 Å². The van der Waals surface area contributed by atoms with Gasteiger partial charge in [-0.3, -0.25) is 9.69 Å². The van der Waals surface area contributed by atoms with Gasteiger partial charge in [0.2, 0.25) is 0 Å². The van der Waals surface area contributed by atoms with Gasteiger partial charge in [-0.05, 0) is 85.8 Å². The third kappa shape index (κ3) is 5.35. The Labute approximate surface area is 245 Å². The number of rotatable bonds is 5. The molecular weight excluding hydrogens is 570 g/mol. The van der Waals surface area contributed by atoms with E-state index in [1.807, 2.05) is 26.0 Å². The number of ether oxygens (including phenoxy) is 1. The van der Waals surface area contributed by atoms with Crippen LogP contribution in [0.2, 0.25) is 5.02 Å². The van der Waals surface area contributed by atoms with Crippen molar-refractivity contribution < 1.29 is 27.1 Å². The summed E-state index contributed by atoms with van der Waals surface area (Å²) in [5.41, 5.74) is 9.47. The summed E-state index contributed by atoms with van der Waals surface area (Å²) < 4.78 is 60.2. The van der Waals surface area contributed by atoms with Gasteiger partial charge in [0.25, 0.3) is 0 Å². The van der Waals surface area contributed by atoms with Gasteiger partial charge in [0.05, 0.1) is 33.8 Å². The highest BCUT2D eigenvalue weighted by molar-refractivity contribution is 6.33. The molecule has 0 saturated carbocycles. The second-order valence-electron chi connectivity index (χ2n) is 10.4. The summed E-state index contributed by atoms with van der Waals surface area (Å²) in [5.74, 6) is -1.03. The number of carbonyl (C=O) groups is 1. The van der Waals surface area contributed by atoms with Gasteiger partial charge in [-0.25, -0.2) is 4.39 Å². The maximum absolute atomic E-state index is 13.6. The molecule has 0 radical (unpaired) electrons. The number of benzene rings is 3. The number of hydrogen-bond acceptors (Lipinski definition) is 5. The minimum atomic E-state index is -4.64. The number of Topliss-reactive ketones (excluding diaryl/α,β-unsaturated/α-hetero) is 1. The molecule has 1 unspecified atom stereocenters. The summed E-state index contributed by atoms with van der Waals surface area (Å²) >= 11 is 6.41. The van der Waals surface area contributed by atoms with E-state index in [9.17, 15) is 27.6 Å². The van der Waals surface area contributed by atoms with Gasteiger partial charge >= 0.3 is 6.18 Å². The number of allylic oxidation sites excluding steroid dienone is 3. The van der Waals surface area contributed by atoms with Crippen LogP contribution in [0.15, 0.2) is 77.3 Å². The molecule has 1 aliphatic carbocycles. The van der Waals surface area contributed by atoms with Crippen molar-refractivity contribution in [2.45, 2.75) is 51.8 Å². The quantitative estimate of drug-likeness (QED) is 0.302. The average Bonchev–Trinajstić information content (AvgIpc) is 2.94. The Morgan fingerprint density at radius 2 is 1.81 bits per heavy atom. The third-order valence-corrected chi connectivity index (χ3v) is 7.97. The first-order valence-corrected chi connectivity index (χ1v) is 13.6. The molecule has 0 spiro atoms. The molecular formula is C32H26ClF4N3O2. The Hall–Kier alpha value is -4.29. The number of alkyl halides is 3. The van der Waals surface area contributed by atoms with E-state index in [-0.39, 0.29) is 46.7 Å². The molecule has 0 bridgehead atoms. The second-order valence-corrected chi connectivity index (χ2v) is 10.8. The summed E-state index contributed by atoms with van der Waals surface area (Å²) in [5, 5.41) is 10.4. The lowest BCUT2D eigenvalue weighted by Crippen LogP contribution is -2.39. The van der Waals surface area contributed by atoms with Crippen LogP contribution < -0.4 is 15.4 Å². The highest BCUT2D eigenvalue weighted by Crippen LogP contribution is 2.49. The molecule has 3 aromatic carbocycles. The van der Waals surface area contributed by atoms with Crippen molar-refractivity contribution in [1.29, 1.82) is 5.26 Å². The average molecular weight is 596 g/mol. The number of nitrogens with zero attached hydrogens (tertiary/aromatic N) is 2. The molecule has 1 heterocycles. The summed E-state index contributed by atoms with van der Waals surface area (Å²) in [4.78, 5) is 14.9. The largest absolute Gasteiger partial charge is 0.489 e. The summed E-state index contributed by atoms with van der Waals surface area (Å²) in [6, 6.07) is 14.5. The summed E-state index contributed by atoms with van der Waals surface area (Å²) in [6.45, 7) is 3.87. The fraction of sp³-hybridized carbons (Fsp3) is 0.250. The monoisotopic (exact) mass is 595 g/mol. The van der Waals surface area contributed by atoms with Crippen molar-refractivity contribution in [2.24, 2.45) is 5.73 Å². The first-order chi connectivity index (χ1) is 19.9. The van der Waals surface area contributed by atoms with Crippen molar-refractivity contribution in [3.8, 4) is 11.8 Å². The summed E-state index contributed by atoms with van der Waals surface area (Å²) in [7, 11) is 0. The zero-order chi connectivity index (χ0) is 30.3. The second kappa shape index (κ2) is 11.2. The molecule has 1 atom stereocenters. The van der Waals surface area contributed by atoms with Crippen LogP contribution in [0.25, 0.3) is 0 Å². The minimum absolute atomic E-state index is 0.00136. The molecule has 5 nitrogen and oxygen atoms in total. The van der Waals surface area contributed by atoms with Crippen LogP contribution in [0.4, 0.5) is 23.2 Å². The standard InChI is InChI=1S/C32H26ClF4N3O2/c1-17-12-19(16-42-22-9-7-21(34)8-10-22)18(2)23(13-17)29-24(15-38)31(39)40(26-4-3-5-28(41)30(26)29)27-14-20(32(35,36)37)6-11-25(27)33/h6-14,29H,3-5,16,39H2,1-2H3. The van der Waals surface area contributed by atoms with Gasteiger partial charge < -0.3 is 10.5 Å². The van der Waals surface area contributed by atoms with E-state index in [4.69, 9.17) is 22.1 Å². The predicted molar refractivity (Wildman–Crippen MR) is 151 cm³/mol. The van der Waals surface area contributed by atoms with Crippen LogP contribution in [0.5, 0.6) is 5.75 Å². The van der Waals surface area contributed by atoms with Crippen LogP contribution in [-0.4, -0.2) is 5.78 Å². The van der Waals surface area contributed by atoms with Crippen LogP contribution in [0.3, 0.4) is 0 Å². The minimum Gasteiger partial charge on any atom is -0.489 e. The molecule has 42 heavy (non-hydrogen) atoms. The predicted octanol–water partition coefficient (Wildman–Crippen LogP) is 8.00. The van der Waals surface area contributed by atoms with Gasteiger partial charge in [0, 0.05) is 17.7 Å². The number of nitriles is 1. The molecule has 0 saturated heterocycles. The SMILES string of the molecule is Cc1cc(COc2ccc(F)cc2)c(C)c(C2C(C#N)=C(N)N(c3cc(C(F)(F)F)ccc3Cl)C3=C2C(=O)CCC3)c1. The molecule has 0 fully saturated rings. The van der Waals surface area contributed by atoms with E-state index in [1.165, 1.54) is 29.2 Å². The van der Waals surface area contributed by atoms with Gasteiger partial charge in [-0.15, -0.1) is 0 Å². The molecule has 2 aliphatic rings. The Morgan fingerprint density at radius 3 is 2.48 bits per heavy atom. The zero-order valence-electron chi connectivity index (χ0n) is 22.8. The molecule has 3 aromatic rings. The van der Waals surface area contributed by atoms with Crippen LogP contribution in [-0.2, 0) is 17.6 Å². The Bertz CT molecular complexity index is 1690. The molecule has 5 rings (SSSR count). The molecule has 0 aromatic heterocycles. The van der Waals surface area contributed by atoms with Crippen LogP contribution in [0.1, 0.15) is 53.0 Å². The third-order valence-electron chi connectivity index (χ3n) is 7.65. The molecule has 216 valence electrons. The lowest BCUT2D eigenvalue weighted by Gasteiger charge is -2.40. The summed E-state index contributed by atoms with van der Waals surface area (Å²) in [6.07, 6.45) is -3.59. The number of aryl methyl sites for hydroxylation is 1. The van der Waals surface area contributed by atoms with E-state index in [0.29, 0.717) is 35.4 Å². The number of carbonyl (C=O) groups excluding carboxylic acids is 1. The van der Waals surface area contributed by atoms with E-state index < -0.39 is 17.7 Å². The van der Waals surface area contributed by atoms with Gasteiger partial charge in [0.1, 0.15) is 24.0 Å². The highest BCUT2D eigenvalue weighted by atomic mass is 35.5. The molecule has 10 heteroatoms. The maximum atomic E-state index is 13.6. The van der Waals surface area contributed by atoms with Crippen molar-refractivity contribution in [3.05, 3.63) is 116 Å². The van der Waals surface area contributed by atoms with Crippen molar-refractivity contribution in [1.82, 2.24) is 0 Å². The molecule has 0 amide bonds. The van der Waals surface area contributed by atoms with Crippen molar-refractivity contribution >= 4 is 23.1 Å². The normalized spacial score (nSPS) is 17.3. The molecule has 1 aliphatic heterocycles. The van der Waals surface area contributed by atoms with E-state index >= 15 is 0 Å². The fourth-order valence-electron chi connectivity index (χ4n) is 5.64. The highest BCUT2D eigenvalue weighted by Gasteiger charge is 2.42. The smallest absolute Gasteiger partial charge is 0.416 e. The number of ketones is 1. The maximum Gasteiger partial charge on any atom is 0.416 e. The van der Waals surface area contributed by atoms with Crippen molar-refractivity contribution in [2.75, 3.05) is 4.90 Å². The molecule has 2 N–H and O–H groups in total. The van der Waals surface area contributed by atoms with Crippen LogP contribution in [0, 0.1) is 31.0 Å². The zero-order valence-corrected chi connectivity index (χ0v) is 23.5. The lowest BCUT2D eigenvalue weighted by atomic mass is 9.73. The van der Waals surface area contributed by atoms with Gasteiger partial charge in [-0.2, -0.15) is 18.4 Å². The van der Waals surface area contributed by atoms with Gasteiger partial charge in [0.15, 0.2) is 5.78 Å². The van der Waals surface area contributed by atoms with E-state index in [2.05, 4.69) is 6.07 Å². The number of nitrogens with two attached hydrogens (primary N) is 1. The number of halogens is 5.